The number of nitrogens with zero attached hydrogens (tertiary/aromatic N) is 1. The molecule has 0 atom stereocenters. The fraction of sp³-hybridized carbons (Fsp3) is 0.182. The van der Waals surface area contributed by atoms with E-state index in [9.17, 15) is 5.11 Å². The molecule has 14 heavy (non-hydrogen) atoms. The number of hydrogen-bond donors (Lipinski definition) is 0. The average molecular weight is 179 g/mol. The third kappa shape index (κ3) is 1.64. The molecule has 0 aliphatic carbocycles. The number of pyridine rings is 1. The minimum atomic E-state index is 0. The molecule has 0 spiro atoms. The van der Waals surface area contributed by atoms with E-state index in [4.69, 9.17) is 0 Å². The Labute approximate surface area is 95.2 Å². The van der Waals surface area contributed by atoms with E-state index in [2.05, 4.69) is 4.98 Å². The molecule has 1 heterocycles. The van der Waals surface area contributed by atoms with Crippen LogP contribution in [0.5, 0.6) is 5.75 Å². The normalized spacial score (nSPS) is 9.86. The van der Waals surface area contributed by atoms with Gasteiger partial charge < -0.3 is 5.11 Å². The summed E-state index contributed by atoms with van der Waals surface area (Å²) in [5, 5.41) is 12.6. The molecule has 0 fully saturated rings. The summed E-state index contributed by atoms with van der Waals surface area (Å²) in [4.78, 5) is 4.09. The predicted octanol–water partition coefficient (Wildman–Crippen LogP) is -1.07. The van der Waals surface area contributed by atoms with Crippen molar-refractivity contribution in [3.05, 3.63) is 35.5 Å². The molecule has 0 saturated heterocycles. The number of aromatic nitrogens is 1. The van der Waals surface area contributed by atoms with Crippen molar-refractivity contribution in [1.82, 2.24) is 4.98 Å². The summed E-state index contributed by atoms with van der Waals surface area (Å²) >= 11 is 0. The van der Waals surface area contributed by atoms with E-state index < -0.39 is 0 Å². The van der Waals surface area contributed by atoms with Gasteiger partial charge in [-0.25, -0.2) is 0 Å². The molecule has 2 aromatic rings. The first-order chi connectivity index (χ1) is 6.20. The molecule has 0 aliphatic rings. The SMILES string of the molecule is Cc1cc(C)c2cccnc2c1[O-].[Li+]. The van der Waals surface area contributed by atoms with Gasteiger partial charge in [0.1, 0.15) is 0 Å². The van der Waals surface area contributed by atoms with Gasteiger partial charge in [0.2, 0.25) is 0 Å². The molecule has 0 saturated carbocycles. The topological polar surface area (TPSA) is 36.0 Å². The van der Waals surface area contributed by atoms with E-state index in [1.165, 1.54) is 0 Å². The Balaban J connectivity index is 0.000000980. The smallest absolute Gasteiger partial charge is 0.871 e. The predicted molar refractivity (Wildman–Crippen MR) is 50.7 cm³/mol. The Hall–Kier alpha value is -0.973. The summed E-state index contributed by atoms with van der Waals surface area (Å²) in [6, 6.07) is 5.69. The van der Waals surface area contributed by atoms with E-state index >= 15 is 0 Å². The van der Waals surface area contributed by atoms with Crippen LogP contribution in [0.1, 0.15) is 11.1 Å². The van der Waals surface area contributed by atoms with Crippen LogP contribution in [-0.2, 0) is 0 Å². The largest absolute Gasteiger partial charge is 1.00 e. The van der Waals surface area contributed by atoms with Crippen molar-refractivity contribution >= 4 is 10.9 Å². The molecule has 2 nitrogen and oxygen atoms in total. The van der Waals surface area contributed by atoms with Crippen molar-refractivity contribution in [3.8, 4) is 5.75 Å². The van der Waals surface area contributed by atoms with Crippen LogP contribution in [0.4, 0.5) is 0 Å². The standard InChI is InChI=1S/C11H11NO.Li/c1-7-6-8(2)11(13)10-9(7)4-3-5-12-10;/h3-6,13H,1-2H3;/q;+1/p-1. The Bertz CT molecular complexity index is 468. The molecule has 1 aromatic carbocycles. The third-order valence-electron chi connectivity index (χ3n) is 2.24. The summed E-state index contributed by atoms with van der Waals surface area (Å²) in [5.74, 6) is 0.0428. The van der Waals surface area contributed by atoms with Crippen LogP contribution < -0.4 is 24.0 Å². The third-order valence-corrected chi connectivity index (χ3v) is 2.24. The van der Waals surface area contributed by atoms with Crippen molar-refractivity contribution in [2.45, 2.75) is 13.8 Å². The maximum atomic E-state index is 11.6. The summed E-state index contributed by atoms with van der Waals surface area (Å²) in [6.45, 7) is 3.82. The van der Waals surface area contributed by atoms with Gasteiger partial charge >= 0.3 is 18.9 Å². The monoisotopic (exact) mass is 179 g/mol. The summed E-state index contributed by atoms with van der Waals surface area (Å²) in [5.41, 5.74) is 2.46. The van der Waals surface area contributed by atoms with Gasteiger partial charge in [0.15, 0.2) is 0 Å². The van der Waals surface area contributed by atoms with Crippen molar-refractivity contribution in [3.63, 3.8) is 0 Å². The van der Waals surface area contributed by atoms with Crippen LogP contribution in [0.3, 0.4) is 0 Å². The van der Waals surface area contributed by atoms with Crippen LogP contribution in [0.15, 0.2) is 24.4 Å². The van der Waals surface area contributed by atoms with Gasteiger partial charge in [-0.15, -0.1) is 0 Å². The molecule has 3 heteroatoms. The van der Waals surface area contributed by atoms with E-state index in [0.717, 1.165) is 16.5 Å². The van der Waals surface area contributed by atoms with Crippen LogP contribution >= 0.6 is 0 Å². The fourth-order valence-corrected chi connectivity index (χ4v) is 1.56. The van der Waals surface area contributed by atoms with Crippen LogP contribution in [0.25, 0.3) is 10.9 Å². The van der Waals surface area contributed by atoms with Crippen molar-refractivity contribution in [2.24, 2.45) is 0 Å². The zero-order valence-corrected chi connectivity index (χ0v) is 8.66. The molecular formula is C11H10LiNO. The Morgan fingerprint density at radius 1 is 1.21 bits per heavy atom. The summed E-state index contributed by atoms with van der Waals surface area (Å²) < 4.78 is 0. The fourth-order valence-electron chi connectivity index (χ4n) is 1.56. The first-order valence-electron chi connectivity index (χ1n) is 4.22. The van der Waals surface area contributed by atoms with Gasteiger partial charge in [-0.05, 0) is 25.5 Å². The molecule has 0 radical (unpaired) electrons. The minimum absolute atomic E-state index is 0. The second-order valence-corrected chi connectivity index (χ2v) is 3.24. The van der Waals surface area contributed by atoms with Gasteiger partial charge in [0.25, 0.3) is 0 Å². The molecular weight excluding hydrogens is 169 g/mol. The maximum absolute atomic E-state index is 11.6. The molecule has 0 aliphatic heterocycles. The Kier molecular flexibility index (Phi) is 3.20. The van der Waals surface area contributed by atoms with E-state index in [0.29, 0.717) is 5.52 Å². The molecule has 2 rings (SSSR count). The van der Waals surface area contributed by atoms with E-state index in [1.54, 1.807) is 6.20 Å². The van der Waals surface area contributed by atoms with E-state index in [-0.39, 0.29) is 24.6 Å². The van der Waals surface area contributed by atoms with Crippen molar-refractivity contribution < 1.29 is 24.0 Å². The first kappa shape index (κ1) is 11.1. The molecule has 66 valence electrons. The number of hydrogen-bond acceptors (Lipinski definition) is 2. The van der Waals surface area contributed by atoms with Gasteiger partial charge in [-0.2, -0.15) is 0 Å². The molecule has 1 aromatic heterocycles. The molecule has 0 unspecified atom stereocenters. The average Bonchev–Trinajstić information content (AvgIpc) is 2.15. The maximum Gasteiger partial charge on any atom is 1.00 e. The Morgan fingerprint density at radius 2 is 1.93 bits per heavy atom. The van der Waals surface area contributed by atoms with Crippen molar-refractivity contribution in [1.29, 1.82) is 0 Å². The number of aryl methyl sites for hydroxylation is 2. The first-order valence-corrected chi connectivity index (χ1v) is 4.22. The van der Waals surface area contributed by atoms with Gasteiger partial charge in [-0.1, -0.05) is 23.4 Å². The summed E-state index contributed by atoms with van der Waals surface area (Å²) in [6.07, 6.45) is 1.66. The van der Waals surface area contributed by atoms with Crippen LogP contribution in [0.2, 0.25) is 0 Å². The van der Waals surface area contributed by atoms with Crippen LogP contribution in [-0.4, -0.2) is 4.98 Å². The van der Waals surface area contributed by atoms with Gasteiger partial charge in [-0.3, -0.25) is 4.98 Å². The van der Waals surface area contributed by atoms with Crippen LogP contribution in [0, 0.1) is 13.8 Å². The Morgan fingerprint density at radius 3 is 2.64 bits per heavy atom. The molecule has 0 bridgehead atoms. The zero-order valence-electron chi connectivity index (χ0n) is 8.66. The molecule has 0 amide bonds. The number of benzene rings is 1. The molecule has 0 N–H and O–H groups in total. The minimum Gasteiger partial charge on any atom is -0.871 e. The van der Waals surface area contributed by atoms with Gasteiger partial charge in [0.05, 0.1) is 5.52 Å². The second kappa shape index (κ2) is 4.04. The quantitative estimate of drug-likeness (QED) is 0.483. The zero-order chi connectivity index (χ0) is 9.42. The van der Waals surface area contributed by atoms with E-state index in [1.807, 2.05) is 32.0 Å². The second-order valence-electron chi connectivity index (χ2n) is 3.24. The van der Waals surface area contributed by atoms with Gasteiger partial charge in [0, 0.05) is 11.6 Å². The van der Waals surface area contributed by atoms with Crippen molar-refractivity contribution in [2.75, 3.05) is 0 Å². The number of fused-ring (bicyclic) bond motifs is 1. The number of rotatable bonds is 0. The summed E-state index contributed by atoms with van der Waals surface area (Å²) in [7, 11) is 0.